The van der Waals surface area contributed by atoms with Crippen LogP contribution >= 0.6 is 0 Å². The van der Waals surface area contributed by atoms with Gasteiger partial charge in [0.25, 0.3) is 0 Å². The molecule has 3 spiro atoms. The second-order valence-corrected chi connectivity index (χ2v) is 19.5. The molecular weight excluding hydrogens is 560 g/mol. The highest BCUT2D eigenvalue weighted by molar-refractivity contribution is 5.01. The van der Waals surface area contributed by atoms with E-state index in [2.05, 4.69) is 95.8 Å². The van der Waals surface area contributed by atoms with Gasteiger partial charge < -0.3 is 19.6 Å². The second-order valence-electron chi connectivity index (χ2n) is 19.5. The Hall–Kier alpha value is -0.160. The van der Waals surface area contributed by atoms with Crippen molar-refractivity contribution in [2.45, 2.75) is 190 Å². The molecule has 7 rings (SSSR count). The molecule has 7 fully saturated rings. The average Bonchev–Trinajstić information content (AvgIpc) is 3.93. The van der Waals surface area contributed by atoms with Crippen LogP contribution in [0.25, 0.3) is 0 Å². The molecule has 1 unspecified atom stereocenters. The summed E-state index contributed by atoms with van der Waals surface area (Å²) in [6.45, 7) is 36.4. The predicted molar refractivity (Wildman–Crippen MR) is 202 cm³/mol. The van der Waals surface area contributed by atoms with Crippen LogP contribution in [0.4, 0.5) is 0 Å². The highest BCUT2D eigenvalue weighted by Gasteiger charge is 2.49. The van der Waals surface area contributed by atoms with Crippen LogP contribution in [0, 0.1) is 27.6 Å². The van der Waals surface area contributed by atoms with E-state index in [9.17, 15) is 0 Å². The lowest BCUT2D eigenvalue weighted by Crippen LogP contribution is -2.45. The Labute approximate surface area is 289 Å². The van der Waals surface area contributed by atoms with Gasteiger partial charge in [0.15, 0.2) is 0 Å². The molecule has 0 N–H and O–H groups in total. The Balaban J connectivity index is 0.000000139. The molecule has 0 radical (unpaired) electrons. The van der Waals surface area contributed by atoms with Gasteiger partial charge in [-0.05, 0) is 212 Å². The van der Waals surface area contributed by atoms with Gasteiger partial charge in [0, 0.05) is 30.7 Å². The molecule has 4 heteroatoms. The summed E-state index contributed by atoms with van der Waals surface area (Å²) in [6.07, 6.45) is 20.7. The summed E-state index contributed by atoms with van der Waals surface area (Å²) in [6, 6.07) is 3.03. The highest BCUT2D eigenvalue weighted by atomic mass is 15.2. The fourth-order valence-corrected chi connectivity index (χ4v) is 9.15. The molecule has 1 atom stereocenters. The van der Waals surface area contributed by atoms with E-state index in [-0.39, 0.29) is 0 Å². The lowest BCUT2D eigenvalue weighted by molar-refractivity contribution is 0.0220. The zero-order chi connectivity index (χ0) is 33.8. The van der Waals surface area contributed by atoms with Crippen molar-refractivity contribution >= 4 is 0 Å². The van der Waals surface area contributed by atoms with Crippen molar-refractivity contribution in [2.75, 3.05) is 52.4 Å². The van der Waals surface area contributed by atoms with Crippen molar-refractivity contribution in [1.82, 2.24) is 19.6 Å². The molecule has 4 nitrogen and oxygen atoms in total. The third-order valence-corrected chi connectivity index (χ3v) is 14.5. The van der Waals surface area contributed by atoms with Gasteiger partial charge in [-0.2, -0.15) is 0 Å². The summed E-state index contributed by atoms with van der Waals surface area (Å²) in [4.78, 5) is 10.5. The zero-order valence-corrected chi connectivity index (χ0v) is 33.2. The molecule has 3 aliphatic carbocycles. The van der Waals surface area contributed by atoms with Crippen molar-refractivity contribution in [2.24, 2.45) is 27.6 Å². The Bertz CT molecular complexity index is 839. The summed E-state index contributed by atoms with van der Waals surface area (Å²) < 4.78 is 0. The third kappa shape index (κ3) is 10.9. The largest absolute Gasteiger partial charge is 0.301 e. The molecule has 0 aromatic rings. The molecule has 0 bridgehead atoms. The van der Waals surface area contributed by atoms with Crippen LogP contribution in [0.15, 0.2) is 0 Å². The van der Waals surface area contributed by atoms with Crippen molar-refractivity contribution in [3.8, 4) is 0 Å². The van der Waals surface area contributed by atoms with Crippen LogP contribution < -0.4 is 0 Å². The lowest BCUT2D eigenvalue weighted by atomic mass is 9.63. The van der Waals surface area contributed by atoms with Crippen LogP contribution in [0.2, 0.25) is 0 Å². The maximum atomic E-state index is 2.63. The monoisotopic (exact) mass is 643 g/mol. The molecule has 0 aromatic heterocycles. The number of hydrogen-bond donors (Lipinski definition) is 0. The normalized spacial score (nSPS) is 29.9. The molecule has 3 saturated carbocycles. The molecular formula is C42H82N4. The van der Waals surface area contributed by atoms with E-state index >= 15 is 0 Å². The summed E-state index contributed by atoms with van der Waals surface area (Å²) in [5.41, 5.74) is 3.09. The topological polar surface area (TPSA) is 13.0 Å². The summed E-state index contributed by atoms with van der Waals surface area (Å²) in [7, 11) is 0. The fourth-order valence-electron chi connectivity index (χ4n) is 9.15. The maximum Gasteiger partial charge on any atom is 0.00387 e. The Kier molecular flexibility index (Phi) is 13.6. The van der Waals surface area contributed by atoms with Gasteiger partial charge >= 0.3 is 0 Å². The van der Waals surface area contributed by atoms with Gasteiger partial charge in [-0.1, -0.05) is 27.2 Å². The number of piperidine rings is 4. The van der Waals surface area contributed by atoms with Gasteiger partial charge in [0.2, 0.25) is 0 Å². The summed E-state index contributed by atoms with van der Waals surface area (Å²) in [5, 5.41) is 0. The van der Waals surface area contributed by atoms with E-state index in [1.165, 1.54) is 142 Å². The quantitative estimate of drug-likeness (QED) is 0.303. The van der Waals surface area contributed by atoms with E-state index in [0.29, 0.717) is 5.41 Å². The first-order chi connectivity index (χ1) is 21.6. The van der Waals surface area contributed by atoms with Gasteiger partial charge in [0.1, 0.15) is 0 Å². The van der Waals surface area contributed by atoms with Crippen molar-refractivity contribution in [1.29, 1.82) is 0 Å². The minimum absolute atomic E-state index is 0.603. The van der Waals surface area contributed by atoms with E-state index in [0.717, 1.165) is 46.3 Å². The molecule has 4 aliphatic heterocycles. The average molecular weight is 643 g/mol. The van der Waals surface area contributed by atoms with Crippen molar-refractivity contribution in [3.05, 3.63) is 0 Å². The lowest BCUT2D eigenvalue weighted by Gasteiger charge is -2.49. The van der Waals surface area contributed by atoms with Crippen LogP contribution in [0.1, 0.15) is 166 Å². The zero-order valence-electron chi connectivity index (χ0n) is 33.2. The third-order valence-electron chi connectivity index (χ3n) is 14.5. The minimum atomic E-state index is 0.603. The van der Waals surface area contributed by atoms with Gasteiger partial charge in [-0.25, -0.2) is 0 Å². The predicted octanol–water partition coefficient (Wildman–Crippen LogP) is 9.97. The summed E-state index contributed by atoms with van der Waals surface area (Å²) >= 11 is 0. The van der Waals surface area contributed by atoms with Crippen molar-refractivity contribution in [3.63, 3.8) is 0 Å². The van der Waals surface area contributed by atoms with Crippen LogP contribution in [0.3, 0.4) is 0 Å². The molecule has 7 aliphatic rings. The van der Waals surface area contributed by atoms with Crippen LogP contribution in [0.5, 0.6) is 0 Å². The molecule has 0 amide bonds. The standard InChI is InChI=1S/2C11H21N.C10H19N.C10H21N/c1-9(2)12-7-6-11(4-5-11)10(3)8-12;1-10(2)12-8-6-11(7-9-12)4-3-5-11;1-9(2)11-7-5-10(3-4-10)6-8-11;1-9(2)11-7-5-10(3,4)6-8-11/h9-10H,4-8H2,1-3H3;10H,3-9H2,1-2H3;9H,3-8H2,1-2H3;9H,5-8H2,1-4H3. The number of likely N-dealkylation sites (tertiary alicyclic amines) is 4. The molecule has 270 valence electrons. The Morgan fingerprint density at radius 3 is 1.04 bits per heavy atom. The smallest absolute Gasteiger partial charge is 0.00387 e. The number of nitrogens with zero attached hydrogens (tertiary/aromatic N) is 4. The second kappa shape index (κ2) is 16.2. The van der Waals surface area contributed by atoms with E-state index in [1.807, 2.05) is 0 Å². The SMILES string of the molecule is CC(C)N1CCC(C)(C)CC1.CC(C)N1CCC2(CC1)CC2.CC(C)N1CCC2(CC2)C(C)C1.CC(C)N1CCC2(CCC2)CC1. The fraction of sp³-hybridized carbons (Fsp3) is 1.00. The summed E-state index contributed by atoms with van der Waals surface area (Å²) in [5.74, 6) is 0.952. The van der Waals surface area contributed by atoms with Gasteiger partial charge in [-0.3, -0.25) is 0 Å². The minimum Gasteiger partial charge on any atom is -0.301 e. The molecule has 4 saturated heterocycles. The van der Waals surface area contributed by atoms with E-state index in [1.54, 1.807) is 0 Å². The van der Waals surface area contributed by atoms with Gasteiger partial charge in [-0.15, -0.1) is 0 Å². The molecule has 4 heterocycles. The Morgan fingerprint density at radius 2 is 0.761 bits per heavy atom. The number of rotatable bonds is 4. The van der Waals surface area contributed by atoms with E-state index < -0.39 is 0 Å². The maximum absolute atomic E-state index is 2.63. The van der Waals surface area contributed by atoms with E-state index in [4.69, 9.17) is 0 Å². The first-order valence-electron chi connectivity index (χ1n) is 20.6. The number of hydrogen-bond acceptors (Lipinski definition) is 4. The first kappa shape index (κ1) is 38.6. The van der Waals surface area contributed by atoms with Crippen molar-refractivity contribution < 1.29 is 0 Å². The molecule has 46 heavy (non-hydrogen) atoms. The Morgan fingerprint density at radius 1 is 0.413 bits per heavy atom. The first-order valence-corrected chi connectivity index (χ1v) is 20.6. The van der Waals surface area contributed by atoms with Crippen LogP contribution in [-0.4, -0.2) is 96.1 Å². The van der Waals surface area contributed by atoms with Crippen LogP contribution in [-0.2, 0) is 0 Å². The molecule has 0 aromatic carbocycles. The van der Waals surface area contributed by atoms with Gasteiger partial charge in [0.05, 0.1) is 0 Å². The highest BCUT2D eigenvalue weighted by Crippen LogP contribution is 2.57.